The fraction of sp³-hybridized carbons (Fsp3) is 0.350. The summed E-state index contributed by atoms with van der Waals surface area (Å²) >= 11 is 3.45. The second-order valence-electron chi connectivity index (χ2n) is 8.21. The lowest BCUT2D eigenvalue weighted by Gasteiger charge is -2.49. The van der Waals surface area contributed by atoms with Gasteiger partial charge in [0.1, 0.15) is 34.8 Å². The summed E-state index contributed by atoms with van der Waals surface area (Å²) in [7, 11) is 1.69. The number of carbonyl (C=O) groups is 4. The Morgan fingerprint density at radius 2 is 2.08 bits per heavy atom. The average Bonchev–Trinajstić information content (AvgIpc) is 3.34. The Kier molecular flexibility index (Phi) is 8.83. The third-order valence-corrected chi connectivity index (χ3v) is 8.67. The highest BCUT2D eigenvalue weighted by atomic mass is 32.2. The predicted octanol–water partition coefficient (Wildman–Crippen LogP) is -2.11. The molecule has 0 aromatic carbocycles. The summed E-state index contributed by atoms with van der Waals surface area (Å²) in [6.45, 7) is -0.814. The molecule has 3 aliphatic rings. The molecular weight excluding hydrogens is 588 g/mol. The van der Waals surface area contributed by atoms with Crippen molar-refractivity contribution in [2.45, 2.75) is 17.6 Å². The zero-order chi connectivity index (χ0) is 29.1. The Morgan fingerprint density at radius 3 is 2.70 bits per heavy atom. The van der Waals surface area contributed by atoms with E-state index in [2.05, 4.69) is 25.8 Å². The predicted molar refractivity (Wildman–Crippen MR) is 147 cm³/mol. The number of hydrogen-bond donors (Lipinski definition) is 7. The summed E-state index contributed by atoms with van der Waals surface area (Å²) in [4.78, 5) is 63.0. The molecule has 3 aliphatic heterocycles. The van der Waals surface area contributed by atoms with Crippen LogP contribution in [0, 0.1) is 0 Å². The number of amides is 2. The molecule has 0 radical (unpaired) electrons. The number of carbonyl (C=O) groups excluding carboxylic acids is 2. The number of aliphatic imine (C=N–C) groups is 1. The highest BCUT2D eigenvalue weighted by Crippen LogP contribution is 2.41. The topological polar surface area (TPSA) is 264 Å². The molecule has 40 heavy (non-hydrogen) atoms. The van der Waals surface area contributed by atoms with Gasteiger partial charge in [-0.25, -0.2) is 25.4 Å². The Bertz CT molecular complexity index is 1360. The zero-order valence-electron chi connectivity index (χ0n) is 20.6. The van der Waals surface area contributed by atoms with Crippen molar-refractivity contribution in [3.05, 3.63) is 34.2 Å². The van der Waals surface area contributed by atoms with Crippen molar-refractivity contribution in [1.82, 2.24) is 25.5 Å². The molecule has 2 amide bonds. The van der Waals surface area contributed by atoms with Gasteiger partial charge in [-0.3, -0.25) is 24.8 Å². The van der Waals surface area contributed by atoms with Crippen molar-refractivity contribution in [2.24, 2.45) is 21.7 Å². The van der Waals surface area contributed by atoms with Crippen LogP contribution in [0.4, 0.5) is 5.13 Å². The molecule has 1 aromatic rings. The number of carboxylic acids is 2. The first-order valence-electron chi connectivity index (χ1n) is 11.3. The number of nitrogens with one attached hydrogen (secondary N) is 2. The van der Waals surface area contributed by atoms with E-state index in [0.29, 0.717) is 10.7 Å². The second-order valence-corrected chi connectivity index (χ2v) is 11.1. The van der Waals surface area contributed by atoms with Crippen molar-refractivity contribution in [3.8, 4) is 0 Å². The number of likely N-dealkylation sites (N-methyl/N-ethyl adjacent to an activating group) is 1. The highest BCUT2D eigenvalue weighted by Gasteiger charge is 2.54. The summed E-state index contributed by atoms with van der Waals surface area (Å²) in [5.41, 5.74) is 11.4. The van der Waals surface area contributed by atoms with E-state index in [0.717, 1.165) is 16.2 Å². The van der Waals surface area contributed by atoms with Crippen LogP contribution in [0.5, 0.6) is 0 Å². The second kappa shape index (κ2) is 12.1. The molecule has 1 fully saturated rings. The van der Waals surface area contributed by atoms with Gasteiger partial charge in [0.15, 0.2) is 16.0 Å². The van der Waals surface area contributed by atoms with Crippen LogP contribution in [0.1, 0.15) is 5.69 Å². The number of nitrogens with zero attached hydrogens (tertiary/aromatic N) is 5. The summed E-state index contributed by atoms with van der Waals surface area (Å²) in [6.07, 6.45) is 1.22. The van der Waals surface area contributed by atoms with Gasteiger partial charge < -0.3 is 31.8 Å². The summed E-state index contributed by atoms with van der Waals surface area (Å²) in [5.74, 6) is 2.61. The number of amidine groups is 1. The molecule has 1 saturated heterocycles. The molecule has 20 heteroatoms. The molecule has 0 spiro atoms. The van der Waals surface area contributed by atoms with Gasteiger partial charge in [-0.05, 0) is 18.7 Å². The largest absolute Gasteiger partial charge is 0.479 e. The quantitative estimate of drug-likeness (QED) is 0.0645. The molecule has 4 rings (SSSR count). The number of thiazole rings is 1. The fourth-order valence-electron chi connectivity index (χ4n) is 3.80. The van der Waals surface area contributed by atoms with E-state index >= 15 is 0 Å². The van der Waals surface area contributed by atoms with E-state index in [1.165, 1.54) is 33.9 Å². The minimum atomic E-state index is -1.32. The molecular formula is C20H24N10O7S3. The number of oxime groups is 1. The van der Waals surface area contributed by atoms with Crippen LogP contribution in [-0.2, 0) is 24.0 Å². The molecule has 10 N–H and O–H groups in total. The minimum Gasteiger partial charge on any atom is -0.479 e. The summed E-state index contributed by atoms with van der Waals surface area (Å²) in [5, 5.41) is 30.3. The third kappa shape index (κ3) is 5.99. The van der Waals surface area contributed by atoms with Crippen LogP contribution in [0.25, 0.3) is 0 Å². The number of β-lactam (4-membered cyclic amide) rings is 1. The van der Waals surface area contributed by atoms with Gasteiger partial charge in [0, 0.05) is 16.9 Å². The highest BCUT2D eigenvalue weighted by molar-refractivity contribution is 8.14. The molecule has 17 nitrogen and oxygen atoms in total. The number of hydrazine groups is 1. The maximum Gasteiger partial charge on any atom is 0.352 e. The van der Waals surface area contributed by atoms with Gasteiger partial charge in [-0.1, -0.05) is 16.9 Å². The summed E-state index contributed by atoms with van der Waals surface area (Å²) < 4.78 is 0. The lowest BCUT2D eigenvalue weighted by atomic mass is 10.0. The molecule has 1 aromatic heterocycles. The van der Waals surface area contributed by atoms with Crippen LogP contribution in [0.15, 0.2) is 38.7 Å². The number of rotatable bonds is 10. The zero-order valence-corrected chi connectivity index (χ0v) is 23.1. The number of aromatic nitrogens is 1. The van der Waals surface area contributed by atoms with Gasteiger partial charge in [-0.15, -0.1) is 23.1 Å². The van der Waals surface area contributed by atoms with E-state index in [9.17, 15) is 24.3 Å². The average molecular weight is 613 g/mol. The van der Waals surface area contributed by atoms with Crippen molar-refractivity contribution in [2.75, 3.05) is 30.9 Å². The standard InChI is InChI=1S/C20H24N10O7S3/c1-24-10-2-9(21)26-20(30(10)23)40-5-7-4-38-17-13(16(34)29(17)14(7)18(35)36)27-15(33)12(28-37-3-11(31)32)8-6-39-19(22)25-8/h2,6,10,13,17,24H,3-5,21,23H2,1H3,(H2,22,25)(H,27,33)(H,31,32)(H,35,36)/b28-12-/t10?,13?,17-/m0/s1. The molecule has 3 atom stereocenters. The number of carboxylic acid groups (broad SMARTS) is 2. The van der Waals surface area contributed by atoms with Crippen LogP contribution >= 0.6 is 34.9 Å². The Hall–Kier alpha value is -3.85. The molecule has 0 saturated carbocycles. The van der Waals surface area contributed by atoms with Gasteiger partial charge >= 0.3 is 11.9 Å². The van der Waals surface area contributed by atoms with Crippen molar-refractivity contribution < 1.29 is 34.2 Å². The number of nitrogens with two attached hydrogens (primary N) is 3. The molecule has 2 unspecified atom stereocenters. The van der Waals surface area contributed by atoms with Crippen LogP contribution < -0.4 is 27.9 Å². The summed E-state index contributed by atoms with van der Waals surface area (Å²) in [6, 6.07) is -1.08. The van der Waals surface area contributed by atoms with E-state index in [1.54, 1.807) is 13.1 Å². The van der Waals surface area contributed by atoms with E-state index < -0.39 is 47.9 Å². The normalized spacial score (nSPS) is 22.7. The maximum atomic E-state index is 13.1. The Balaban J connectivity index is 1.48. The minimum absolute atomic E-state index is 0.0197. The first-order chi connectivity index (χ1) is 19.0. The first kappa shape index (κ1) is 29.1. The number of nitrogen functional groups attached to an aromatic ring is 1. The Morgan fingerprint density at radius 1 is 1.32 bits per heavy atom. The molecule has 4 heterocycles. The number of thioether (sulfide) groups is 2. The van der Waals surface area contributed by atoms with Crippen molar-refractivity contribution >= 4 is 74.6 Å². The third-order valence-electron chi connectivity index (χ3n) is 5.61. The fourth-order valence-corrected chi connectivity index (χ4v) is 6.80. The van der Waals surface area contributed by atoms with Gasteiger partial charge in [0.2, 0.25) is 6.61 Å². The number of hydrogen-bond acceptors (Lipinski definition) is 16. The Labute approximate surface area is 238 Å². The van der Waals surface area contributed by atoms with Crippen LogP contribution in [0.3, 0.4) is 0 Å². The number of aliphatic carboxylic acids is 2. The number of fused-ring (bicyclic) bond motifs is 1. The van der Waals surface area contributed by atoms with E-state index in [4.69, 9.17) is 27.3 Å². The maximum absolute atomic E-state index is 13.1. The van der Waals surface area contributed by atoms with Crippen LogP contribution in [0.2, 0.25) is 0 Å². The van der Waals surface area contributed by atoms with E-state index in [-0.39, 0.29) is 39.6 Å². The number of anilines is 1. The van der Waals surface area contributed by atoms with Gasteiger partial charge in [-0.2, -0.15) is 0 Å². The van der Waals surface area contributed by atoms with Gasteiger partial charge in [0.25, 0.3) is 11.8 Å². The van der Waals surface area contributed by atoms with Crippen molar-refractivity contribution in [3.63, 3.8) is 0 Å². The van der Waals surface area contributed by atoms with Gasteiger partial charge in [0.05, 0.1) is 0 Å². The first-order valence-corrected chi connectivity index (χ1v) is 14.2. The molecule has 0 bridgehead atoms. The molecule has 214 valence electrons. The SMILES string of the molecule is CNC1C=C(N)N=C(SCC2=C(C(=O)O)N3C(=O)C(NC(=O)/C(=N\OCC(=O)O)c4csc(N)n4)[C@@H]3SC2)N1N. The smallest absolute Gasteiger partial charge is 0.352 e. The molecule has 0 aliphatic carbocycles. The monoisotopic (exact) mass is 612 g/mol. The van der Waals surface area contributed by atoms with E-state index in [1.807, 2.05) is 0 Å². The van der Waals surface area contributed by atoms with Crippen LogP contribution in [-0.4, -0.2) is 102 Å². The van der Waals surface area contributed by atoms with Crippen molar-refractivity contribution in [1.29, 1.82) is 0 Å². The lowest BCUT2D eigenvalue weighted by Crippen LogP contribution is -2.71. The lowest BCUT2D eigenvalue weighted by molar-refractivity contribution is -0.150.